The van der Waals surface area contributed by atoms with Gasteiger partial charge in [0.25, 0.3) is 0 Å². The Hall–Kier alpha value is -4.15. The molecule has 4 aromatic heterocycles. The van der Waals surface area contributed by atoms with E-state index in [0.717, 1.165) is 49.9 Å². The first-order valence-electron chi connectivity index (χ1n) is 10.9. The third kappa shape index (κ3) is 4.48. The van der Waals surface area contributed by atoms with Crippen LogP contribution in [0.15, 0.2) is 84.0 Å². The van der Waals surface area contributed by atoms with Crippen molar-refractivity contribution >= 4 is 45.3 Å². The van der Waals surface area contributed by atoms with Crippen LogP contribution >= 0.6 is 0 Å². The van der Waals surface area contributed by atoms with E-state index in [-0.39, 0.29) is 16.8 Å². The molecule has 6 rings (SSSR count). The molecule has 0 saturated carbocycles. The van der Waals surface area contributed by atoms with Crippen molar-refractivity contribution in [3.8, 4) is 11.1 Å². The second-order valence-corrected chi connectivity index (χ2v) is 7.97. The molecule has 1 aliphatic rings. The Morgan fingerprint density at radius 1 is 0.686 bits per heavy atom. The van der Waals surface area contributed by atoms with Gasteiger partial charge in [0, 0.05) is 49.9 Å². The number of benzene rings is 1. The second kappa shape index (κ2) is 9.61. The fourth-order valence-corrected chi connectivity index (χ4v) is 4.23. The van der Waals surface area contributed by atoms with Crippen LogP contribution in [-0.2, 0) is 16.8 Å². The largest absolute Gasteiger partial charge is 0.592 e. The van der Waals surface area contributed by atoms with Crippen molar-refractivity contribution in [1.82, 2.24) is 31.0 Å². The Labute approximate surface area is 210 Å². The predicted molar refractivity (Wildman–Crippen MR) is 137 cm³/mol. The Bertz CT molecular complexity index is 1730. The van der Waals surface area contributed by atoms with Crippen molar-refractivity contribution in [3.05, 3.63) is 101 Å². The summed E-state index contributed by atoms with van der Waals surface area (Å²) in [7, 11) is 0. The van der Waals surface area contributed by atoms with Crippen LogP contribution < -0.4 is 16.4 Å². The number of hydrogen-bond acceptors (Lipinski definition) is 4. The zero-order chi connectivity index (χ0) is 22.9. The molecule has 0 unspecified atom stereocenters. The van der Waals surface area contributed by atoms with Crippen LogP contribution in [0.5, 0.6) is 0 Å². The van der Waals surface area contributed by atoms with Gasteiger partial charge >= 0.3 is 0 Å². The molecule has 1 aliphatic heterocycles. The van der Waals surface area contributed by atoms with E-state index in [2.05, 4.69) is 67.5 Å². The van der Waals surface area contributed by atoms with Gasteiger partial charge in [-0.25, -0.2) is 4.98 Å². The Morgan fingerprint density at radius 2 is 1.29 bits per heavy atom. The predicted octanol–water partition coefficient (Wildman–Crippen LogP) is 5.24. The molecule has 0 amide bonds. The number of aromatic nitrogens is 4. The van der Waals surface area contributed by atoms with Crippen LogP contribution in [0.4, 0.5) is 0 Å². The zero-order valence-corrected chi connectivity index (χ0v) is 19.4. The topological polar surface area (TPSA) is 120 Å². The minimum atomic E-state index is 0. The van der Waals surface area contributed by atoms with Crippen molar-refractivity contribution in [2.24, 2.45) is 5.10 Å². The van der Waals surface area contributed by atoms with E-state index in [1.165, 1.54) is 0 Å². The molecule has 0 atom stereocenters. The molecule has 8 nitrogen and oxygen atoms in total. The van der Waals surface area contributed by atoms with E-state index < -0.39 is 0 Å². The normalized spacial score (nSPS) is 12.1. The van der Waals surface area contributed by atoms with Crippen molar-refractivity contribution in [2.75, 3.05) is 0 Å². The van der Waals surface area contributed by atoms with Gasteiger partial charge in [-0.2, -0.15) is 5.10 Å². The molecule has 5 aromatic rings. The minimum Gasteiger partial charge on any atom is -0.592 e. The van der Waals surface area contributed by atoms with Gasteiger partial charge in [0.2, 0.25) is 0 Å². The van der Waals surface area contributed by atoms with Gasteiger partial charge in [-0.3, -0.25) is 5.53 Å². The third-order valence-corrected chi connectivity index (χ3v) is 5.72. The fraction of sp³-hybridized carbons (Fsp3) is 0. The smallest absolute Gasteiger partial charge is 0.133 e. The number of nitrogens with zero attached hydrogens (tertiary/aromatic N) is 2. The van der Waals surface area contributed by atoms with Gasteiger partial charge in [0.05, 0.1) is 16.9 Å². The van der Waals surface area contributed by atoms with Gasteiger partial charge in [0.15, 0.2) is 0 Å². The molecule has 1 radical (unpaired) electrons. The Balaban J connectivity index is 0.00000253. The number of H-pyrrole nitrogens is 3. The molecule has 1 aromatic carbocycles. The summed E-state index contributed by atoms with van der Waals surface area (Å²) in [5.41, 5.74) is 13.9. The standard InChI is InChI=1S/C26H21N8.Co/c27-33-34-32-26-23-11-9-20(30-23)15-18-7-6-17(28-18)14-19-8-10-21(29-19)25(16-4-2-1-3-5-16)22-12-13-24(26)31-22;/h1-15,27-30,33-34H;/q-1;. The quantitative estimate of drug-likeness (QED) is 0.212. The van der Waals surface area contributed by atoms with E-state index in [1.54, 1.807) is 0 Å². The summed E-state index contributed by atoms with van der Waals surface area (Å²) >= 11 is 0. The summed E-state index contributed by atoms with van der Waals surface area (Å²) in [6.07, 6.45) is 3.94. The number of hydrogen-bond donors (Lipinski definition) is 5. The van der Waals surface area contributed by atoms with E-state index in [0.29, 0.717) is 11.1 Å². The van der Waals surface area contributed by atoms with Crippen molar-refractivity contribution in [1.29, 1.82) is 0 Å². The number of fused-ring (bicyclic) bond motifs is 8. The van der Waals surface area contributed by atoms with Gasteiger partial charge in [-0.05, 0) is 66.2 Å². The average Bonchev–Trinajstić information content (AvgIpc) is 3.65. The maximum atomic E-state index is 7.24. The number of rotatable bonds is 3. The van der Waals surface area contributed by atoms with Gasteiger partial charge < -0.3 is 26.3 Å². The number of nitrogens with one attached hydrogen (secondary N) is 6. The summed E-state index contributed by atoms with van der Waals surface area (Å²) < 4.78 is 0. The molecule has 9 heteroatoms. The van der Waals surface area contributed by atoms with Crippen molar-refractivity contribution in [3.63, 3.8) is 0 Å². The van der Waals surface area contributed by atoms with Crippen LogP contribution in [-0.4, -0.2) is 19.9 Å². The van der Waals surface area contributed by atoms with Crippen LogP contribution in [0, 0.1) is 0 Å². The molecule has 0 saturated heterocycles. The first-order valence-corrected chi connectivity index (χ1v) is 10.9. The van der Waals surface area contributed by atoms with E-state index in [1.807, 2.05) is 54.6 Å². The number of aromatic amines is 3. The fourth-order valence-electron chi connectivity index (χ4n) is 4.23. The second-order valence-electron chi connectivity index (χ2n) is 7.97. The van der Waals surface area contributed by atoms with E-state index in [9.17, 15) is 0 Å². The Morgan fingerprint density at radius 3 is 2.00 bits per heavy atom. The molecular weight excluding hydrogens is 483 g/mol. The Kier molecular flexibility index (Phi) is 6.21. The average molecular weight is 504 g/mol. The molecule has 35 heavy (non-hydrogen) atoms. The molecule has 175 valence electrons. The summed E-state index contributed by atoms with van der Waals surface area (Å²) in [6.45, 7) is 0. The van der Waals surface area contributed by atoms with Crippen LogP contribution in [0.25, 0.3) is 62.2 Å². The molecule has 8 bridgehead atoms. The number of hydrazine groups is 1. The molecule has 6 N–H and O–H groups in total. The van der Waals surface area contributed by atoms with Crippen molar-refractivity contribution in [2.45, 2.75) is 0 Å². The van der Waals surface area contributed by atoms with E-state index >= 15 is 0 Å². The summed E-state index contributed by atoms with van der Waals surface area (Å²) in [6, 6.07) is 26.5. The first kappa shape index (κ1) is 22.6. The maximum Gasteiger partial charge on any atom is 0.133 e. The monoisotopic (exact) mass is 504 g/mol. The van der Waals surface area contributed by atoms with Gasteiger partial charge in [-0.15, -0.1) is 0 Å². The van der Waals surface area contributed by atoms with Crippen LogP contribution in [0.1, 0.15) is 11.4 Å². The molecule has 5 heterocycles. The molecule has 0 spiro atoms. The SMILES string of the molecule is [Co].[NH-]NNN=c1c2nc(c(-c3ccccc3)c3ccc(cc4ccc(cc5ccc1[nH]5)[nH]4)[nH]3)C=C2. The molecular formula is C26H21CoN8-. The first-order chi connectivity index (χ1) is 16.8. The third-order valence-electron chi connectivity index (χ3n) is 5.72. The molecule has 0 aliphatic carbocycles. The van der Waals surface area contributed by atoms with Gasteiger partial charge in [0.1, 0.15) is 5.36 Å². The summed E-state index contributed by atoms with van der Waals surface area (Å²) in [5.74, 6) is 7.24. The maximum absolute atomic E-state index is 7.24. The minimum absolute atomic E-state index is 0. The zero-order valence-electron chi connectivity index (χ0n) is 18.4. The van der Waals surface area contributed by atoms with Gasteiger partial charge in [-0.1, -0.05) is 30.3 Å². The van der Waals surface area contributed by atoms with Crippen molar-refractivity contribution < 1.29 is 16.8 Å². The molecule has 0 fully saturated rings. The summed E-state index contributed by atoms with van der Waals surface area (Å²) in [5, 5.41) is 4.95. The van der Waals surface area contributed by atoms with E-state index in [4.69, 9.17) is 10.8 Å². The van der Waals surface area contributed by atoms with Crippen LogP contribution in [0.2, 0.25) is 0 Å². The summed E-state index contributed by atoms with van der Waals surface area (Å²) in [4.78, 5) is 15.3. The van der Waals surface area contributed by atoms with Crippen LogP contribution in [0.3, 0.4) is 0 Å².